The van der Waals surface area contributed by atoms with E-state index in [-0.39, 0.29) is 11.9 Å². The minimum absolute atomic E-state index is 0.0543. The summed E-state index contributed by atoms with van der Waals surface area (Å²) in [5.41, 5.74) is 5.78. The van der Waals surface area contributed by atoms with E-state index in [1.54, 1.807) is 0 Å². The third kappa shape index (κ3) is 5.37. The van der Waals surface area contributed by atoms with Gasteiger partial charge in [-0.1, -0.05) is 78.4 Å². The first-order valence-corrected chi connectivity index (χ1v) is 10.9. The number of nitrogens with zero attached hydrogens (tertiary/aromatic N) is 1. The molecule has 30 heavy (non-hydrogen) atoms. The molecule has 1 fully saturated rings. The number of likely N-dealkylation sites (tertiary alicyclic amines) is 1. The Morgan fingerprint density at radius 1 is 0.900 bits per heavy atom. The predicted molar refractivity (Wildman–Crippen MR) is 123 cm³/mol. The van der Waals surface area contributed by atoms with Crippen LogP contribution in [0.1, 0.15) is 45.5 Å². The summed E-state index contributed by atoms with van der Waals surface area (Å²) in [6, 6.07) is 27.3. The molecule has 0 radical (unpaired) electrons. The van der Waals surface area contributed by atoms with Gasteiger partial charge >= 0.3 is 0 Å². The highest BCUT2D eigenvalue weighted by atomic mass is 16.1. The molecule has 0 atom stereocenters. The van der Waals surface area contributed by atoms with Crippen molar-refractivity contribution in [1.82, 2.24) is 10.2 Å². The molecule has 0 bridgehead atoms. The molecule has 1 N–H and O–H groups in total. The highest BCUT2D eigenvalue weighted by Gasteiger charge is 2.22. The van der Waals surface area contributed by atoms with Crippen LogP contribution in [0.2, 0.25) is 0 Å². The Morgan fingerprint density at radius 2 is 1.60 bits per heavy atom. The first-order valence-electron chi connectivity index (χ1n) is 10.9. The third-order valence-electron chi connectivity index (χ3n) is 5.91. The lowest BCUT2D eigenvalue weighted by Gasteiger charge is -2.32. The van der Waals surface area contributed by atoms with Crippen LogP contribution in [-0.4, -0.2) is 29.9 Å². The van der Waals surface area contributed by atoms with Gasteiger partial charge in [0.1, 0.15) is 0 Å². The number of benzene rings is 3. The van der Waals surface area contributed by atoms with Crippen LogP contribution >= 0.6 is 0 Å². The molecule has 1 aliphatic heterocycles. The van der Waals surface area contributed by atoms with Crippen LogP contribution in [0, 0.1) is 6.92 Å². The van der Waals surface area contributed by atoms with Crippen molar-refractivity contribution >= 4 is 5.91 Å². The van der Waals surface area contributed by atoms with E-state index in [1.807, 2.05) is 36.4 Å². The zero-order chi connectivity index (χ0) is 20.8. The second kappa shape index (κ2) is 9.73. The van der Waals surface area contributed by atoms with Crippen LogP contribution in [0.4, 0.5) is 0 Å². The molecule has 3 heteroatoms. The number of nitrogens with one attached hydrogen (secondary N) is 1. The molecule has 4 rings (SSSR count). The maximum Gasteiger partial charge on any atom is 0.251 e. The van der Waals surface area contributed by atoms with Crippen LogP contribution in [0.5, 0.6) is 0 Å². The van der Waals surface area contributed by atoms with Gasteiger partial charge in [0.15, 0.2) is 0 Å². The van der Waals surface area contributed by atoms with Crippen molar-refractivity contribution < 1.29 is 4.79 Å². The molecule has 1 aliphatic rings. The third-order valence-corrected chi connectivity index (χ3v) is 5.91. The average Bonchev–Trinajstić information content (AvgIpc) is 2.76. The van der Waals surface area contributed by atoms with Crippen molar-refractivity contribution in [2.24, 2.45) is 0 Å². The maximum atomic E-state index is 13.0. The van der Waals surface area contributed by atoms with Crippen molar-refractivity contribution in [1.29, 1.82) is 0 Å². The number of amides is 1. The molecular formula is C27H30N2O. The molecule has 154 valence electrons. The van der Waals surface area contributed by atoms with Crippen molar-refractivity contribution in [2.45, 2.75) is 38.8 Å². The normalized spacial score (nSPS) is 15.1. The summed E-state index contributed by atoms with van der Waals surface area (Å²) in [4.78, 5) is 15.5. The minimum atomic E-state index is 0.0543. The van der Waals surface area contributed by atoms with E-state index in [0.29, 0.717) is 0 Å². The zero-order valence-electron chi connectivity index (χ0n) is 17.7. The van der Waals surface area contributed by atoms with Crippen molar-refractivity contribution in [3.8, 4) is 0 Å². The van der Waals surface area contributed by atoms with E-state index in [1.165, 1.54) is 16.7 Å². The van der Waals surface area contributed by atoms with E-state index < -0.39 is 0 Å². The molecule has 3 aromatic rings. The van der Waals surface area contributed by atoms with Crippen molar-refractivity contribution in [2.75, 3.05) is 13.1 Å². The SMILES string of the molecule is Cc1cccc(CN2CCC(NC(=O)c3ccccc3Cc3ccccc3)CC2)c1. The summed E-state index contributed by atoms with van der Waals surface area (Å²) in [5, 5.41) is 3.29. The van der Waals surface area contributed by atoms with E-state index in [4.69, 9.17) is 0 Å². The Kier molecular flexibility index (Phi) is 6.60. The van der Waals surface area contributed by atoms with Gasteiger partial charge in [-0.15, -0.1) is 0 Å². The second-order valence-electron chi connectivity index (χ2n) is 8.33. The van der Waals surface area contributed by atoms with Crippen molar-refractivity contribution in [3.63, 3.8) is 0 Å². The lowest BCUT2D eigenvalue weighted by molar-refractivity contribution is 0.0908. The highest BCUT2D eigenvalue weighted by molar-refractivity contribution is 5.96. The Labute approximate surface area is 179 Å². The molecule has 0 aromatic heterocycles. The van der Waals surface area contributed by atoms with Gasteiger partial charge in [0, 0.05) is 31.2 Å². The Balaban J connectivity index is 1.33. The van der Waals surface area contributed by atoms with Gasteiger partial charge in [-0.2, -0.15) is 0 Å². The largest absolute Gasteiger partial charge is 0.349 e. The zero-order valence-corrected chi connectivity index (χ0v) is 17.7. The summed E-state index contributed by atoms with van der Waals surface area (Å²) >= 11 is 0. The molecule has 0 unspecified atom stereocenters. The van der Waals surface area contributed by atoms with Crippen LogP contribution in [-0.2, 0) is 13.0 Å². The lowest BCUT2D eigenvalue weighted by Crippen LogP contribution is -2.44. The molecule has 1 amide bonds. The fraction of sp³-hybridized carbons (Fsp3) is 0.296. The van der Waals surface area contributed by atoms with Crippen LogP contribution in [0.25, 0.3) is 0 Å². The standard InChI is InChI=1S/C27H30N2O/c1-21-8-7-11-23(18-21)20-29-16-14-25(15-17-29)28-27(30)26-13-6-5-12-24(26)19-22-9-3-2-4-10-22/h2-13,18,25H,14-17,19-20H2,1H3,(H,28,30). The first-order chi connectivity index (χ1) is 14.7. The fourth-order valence-corrected chi connectivity index (χ4v) is 4.28. The Morgan fingerprint density at radius 3 is 2.37 bits per heavy atom. The second-order valence-corrected chi connectivity index (χ2v) is 8.33. The number of hydrogen-bond donors (Lipinski definition) is 1. The van der Waals surface area contributed by atoms with Crippen LogP contribution in [0.15, 0.2) is 78.9 Å². The summed E-state index contributed by atoms with van der Waals surface area (Å²) in [6.07, 6.45) is 2.77. The van der Waals surface area contributed by atoms with E-state index >= 15 is 0 Å². The van der Waals surface area contributed by atoms with Crippen LogP contribution < -0.4 is 5.32 Å². The van der Waals surface area contributed by atoms with E-state index in [9.17, 15) is 4.79 Å². The molecule has 0 spiro atoms. The van der Waals surface area contributed by atoms with Gasteiger partial charge in [-0.05, 0) is 48.9 Å². The van der Waals surface area contributed by atoms with Gasteiger partial charge in [0.2, 0.25) is 0 Å². The smallest absolute Gasteiger partial charge is 0.251 e. The number of hydrogen-bond acceptors (Lipinski definition) is 2. The molecule has 3 aromatic carbocycles. The van der Waals surface area contributed by atoms with Crippen LogP contribution in [0.3, 0.4) is 0 Å². The fourth-order valence-electron chi connectivity index (χ4n) is 4.28. The predicted octanol–water partition coefficient (Wildman–Crippen LogP) is 4.98. The molecule has 0 aliphatic carbocycles. The molecular weight excluding hydrogens is 368 g/mol. The van der Waals surface area contributed by atoms with Gasteiger partial charge in [-0.25, -0.2) is 0 Å². The Hall–Kier alpha value is -2.91. The average molecular weight is 399 g/mol. The number of carbonyl (C=O) groups is 1. The monoisotopic (exact) mass is 398 g/mol. The summed E-state index contributed by atoms with van der Waals surface area (Å²) < 4.78 is 0. The summed E-state index contributed by atoms with van der Waals surface area (Å²) in [5.74, 6) is 0.0543. The summed E-state index contributed by atoms with van der Waals surface area (Å²) in [6.45, 7) is 5.16. The molecule has 1 saturated heterocycles. The van der Waals surface area contributed by atoms with Crippen molar-refractivity contribution in [3.05, 3.63) is 107 Å². The van der Waals surface area contributed by atoms with Gasteiger partial charge in [0.25, 0.3) is 5.91 Å². The summed E-state index contributed by atoms with van der Waals surface area (Å²) in [7, 11) is 0. The van der Waals surface area contributed by atoms with Gasteiger partial charge < -0.3 is 5.32 Å². The topological polar surface area (TPSA) is 32.3 Å². The van der Waals surface area contributed by atoms with Gasteiger partial charge in [0.05, 0.1) is 0 Å². The van der Waals surface area contributed by atoms with E-state index in [0.717, 1.165) is 50.0 Å². The number of piperidine rings is 1. The number of aryl methyl sites for hydroxylation is 1. The molecule has 1 heterocycles. The quantitative estimate of drug-likeness (QED) is 0.635. The highest BCUT2D eigenvalue weighted by Crippen LogP contribution is 2.18. The number of carbonyl (C=O) groups excluding carboxylic acids is 1. The molecule has 0 saturated carbocycles. The number of rotatable bonds is 6. The van der Waals surface area contributed by atoms with E-state index in [2.05, 4.69) is 59.6 Å². The lowest BCUT2D eigenvalue weighted by atomic mass is 9.98. The van der Waals surface area contributed by atoms with Gasteiger partial charge in [-0.3, -0.25) is 9.69 Å². The molecule has 3 nitrogen and oxygen atoms in total. The minimum Gasteiger partial charge on any atom is -0.349 e. The first kappa shape index (κ1) is 20.4. The maximum absolute atomic E-state index is 13.0. The Bertz CT molecular complexity index is 975.